The molecule has 0 aromatic carbocycles. The SMILES string of the molecule is CCOC(=O)C(C)(CCOCC1CCCCC1)NC1CC1. The highest BCUT2D eigenvalue weighted by Gasteiger charge is 2.39. The fourth-order valence-corrected chi connectivity index (χ4v) is 3.08. The van der Waals surface area contributed by atoms with Crippen molar-refractivity contribution in [1.29, 1.82) is 0 Å². The van der Waals surface area contributed by atoms with Crippen LogP contribution < -0.4 is 5.32 Å². The molecule has 0 amide bonds. The van der Waals surface area contributed by atoms with Gasteiger partial charge in [0.1, 0.15) is 5.54 Å². The molecule has 0 radical (unpaired) electrons. The predicted molar refractivity (Wildman–Crippen MR) is 83.2 cm³/mol. The van der Waals surface area contributed by atoms with E-state index in [1.54, 1.807) is 0 Å². The van der Waals surface area contributed by atoms with Crippen molar-refractivity contribution in [2.75, 3.05) is 19.8 Å². The lowest BCUT2D eigenvalue weighted by atomic mass is 9.90. The summed E-state index contributed by atoms with van der Waals surface area (Å²) < 4.78 is 11.1. The molecule has 1 atom stereocenters. The molecule has 0 heterocycles. The van der Waals surface area contributed by atoms with Crippen molar-refractivity contribution in [3.8, 4) is 0 Å². The molecule has 0 saturated heterocycles. The van der Waals surface area contributed by atoms with Crippen LogP contribution in [0.25, 0.3) is 0 Å². The molecule has 4 nitrogen and oxygen atoms in total. The maximum atomic E-state index is 12.2. The van der Waals surface area contributed by atoms with Gasteiger partial charge in [-0.25, -0.2) is 0 Å². The summed E-state index contributed by atoms with van der Waals surface area (Å²) in [4.78, 5) is 12.2. The average Bonchev–Trinajstić information content (AvgIpc) is 3.29. The van der Waals surface area contributed by atoms with Gasteiger partial charge in [0.2, 0.25) is 0 Å². The molecule has 0 aromatic rings. The first-order chi connectivity index (χ1) is 10.1. The quantitative estimate of drug-likeness (QED) is 0.525. The molecule has 1 N–H and O–H groups in total. The minimum absolute atomic E-state index is 0.141. The average molecular weight is 297 g/mol. The zero-order chi connectivity index (χ0) is 15.1. The molecule has 4 heteroatoms. The van der Waals surface area contributed by atoms with Crippen molar-refractivity contribution in [3.63, 3.8) is 0 Å². The molecule has 2 fully saturated rings. The van der Waals surface area contributed by atoms with Crippen LogP contribution >= 0.6 is 0 Å². The maximum absolute atomic E-state index is 12.2. The standard InChI is InChI=1S/C17H31NO3/c1-3-21-16(19)17(2,18-15-9-10-15)11-12-20-13-14-7-5-4-6-8-14/h14-15,18H,3-13H2,1-2H3. The van der Waals surface area contributed by atoms with E-state index in [-0.39, 0.29) is 5.97 Å². The maximum Gasteiger partial charge on any atom is 0.326 e. The number of esters is 1. The van der Waals surface area contributed by atoms with Crippen molar-refractivity contribution in [2.45, 2.75) is 76.8 Å². The summed E-state index contributed by atoms with van der Waals surface area (Å²) in [6.45, 7) is 5.72. The van der Waals surface area contributed by atoms with Gasteiger partial charge in [0, 0.05) is 19.3 Å². The van der Waals surface area contributed by atoms with Crippen molar-refractivity contribution in [2.24, 2.45) is 5.92 Å². The summed E-state index contributed by atoms with van der Waals surface area (Å²) in [5.41, 5.74) is -0.594. The van der Waals surface area contributed by atoms with Crippen LogP contribution in [0.1, 0.15) is 65.2 Å². The second-order valence-electron chi connectivity index (χ2n) is 6.80. The number of ether oxygens (including phenoxy) is 2. The minimum Gasteiger partial charge on any atom is -0.465 e. The molecule has 0 aliphatic heterocycles. The lowest BCUT2D eigenvalue weighted by Gasteiger charge is -2.29. The van der Waals surface area contributed by atoms with Crippen LogP contribution in [-0.2, 0) is 14.3 Å². The van der Waals surface area contributed by atoms with Crippen molar-refractivity contribution in [1.82, 2.24) is 5.32 Å². The lowest BCUT2D eigenvalue weighted by molar-refractivity contribution is -0.151. The smallest absolute Gasteiger partial charge is 0.326 e. The Bertz CT molecular complexity index is 324. The summed E-state index contributed by atoms with van der Waals surface area (Å²) in [5, 5.41) is 3.44. The van der Waals surface area contributed by atoms with E-state index < -0.39 is 5.54 Å². The van der Waals surface area contributed by atoms with E-state index in [0.717, 1.165) is 25.4 Å². The van der Waals surface area contributed by atoms with E-state index in [0.29, 0.717) is 25.7 Å². The third-order valence-corrected chi connectivity index (χ3v) is 4.65. The fraction of sp³-hybridized carbons (Fsp3) is 0.941. The highest BCUT2D eigenvalue weighted by molar-refractivity contribution is 5.80. The van der Waals surface area contributed by atoms with Crippen LogP contribution in [0.5, 0.6) is 0 Å². The van der Waals surface area contributed by atoms with Crippen LogP contribution in [0.4, 0.5) is 0 Å². The van der Waals surface area contributed by atoms with Gasteiger partial charge in [0.05, 0.1) is 6.61 Å². The van der Waals surface area contributed by atoms with E-state index in [9.17, 15) is 4.79 Å². The Morgan fingerprint density at radius 3 is 2.52 bits per heavy atom. The van der Waals surface area contributed by atoms with E-state index >= 15 is 0 Å². The Kier molecular flexibility index (Phi) is 6.49. The monoisotopic (exact) mass is 297 g/mol. The first-order valence-electron chi connectivity index (χ1n) is 8.66. The molecule has 21 heavy (non-hydrogen) atoms. The summed E-state index contributed by atoms with van der Waals surface area (Å²) >= 11 is 0. The second-order valence-corrected chi connectivity index (χ2v) is 6.80. The zero-order valence-electron chi connectivity index (χ0n) is 13.7. The van der Waals surface area contributed by atoms with E-state index in [2.05, 4.69) is 5.32 Å². The van der Waals surface area contributed by atoms with Crippen LogP contribution in [-0.4, -0.2) is 37.4 Å². The van der Waals surface area contributed by atoms with Gasteiger partial charge in [0.25, 0.3) is 0 Å². The number of nitrogens with one attached hydrogen (secondary N) is 1. The van der Waals surface area contributed by atoms with E-state index in [1.807, 2.05) is 13.8 Å². The number of hydrogen-bond acceptors (Lipinski definition) is 4. The van der Waals surface area contributed by atoms with Crippen molar-refractivity contribution >= 4 is 5.97 Å². The molecule has 2 saturated carbocycles. The molecule has 0 aromatic heterocycles. The van der Waals surface area contributed by atoms with Gasteiger partial charge in [-0.2, -0.15) is 0 Å². The Balaban J connectivity index is 1.71. The fourth-order valence-electron chi connectivity index (χ4n) is 3.08. The minimum atomic E-state index is -0.594. The highest BCUT2D eigenvalue weighted by atomic mass is 16.5. The Morgan fingerprint density at radius 1 is 1.19 bits per heavy atom. The number of carbonyl (C=O) groups excluding carboxylic acids is 1. The molecule has 0 spiro atoms. The summed E-state index contributed by atoms with van der Waals surface area (Å²) in [6, 6.07) is 0.484. The van der Waals surface area contributed by atoms with Crippen molar-refractivity contribution in [3.05, 3.63) is 0 Å². The number of carbonyl (C=O) groups is 1. The van der Waals surface area contributed by atoms with E-state index in [4.69, 9.17) is 9.47 Å². The Hall–Kier alpha value is -0.610. The van der Waals surface area contributed by atoms with Crippen molar-refractivity contribution < 1.29 is 14.3 Å². The molecule has 2 aliphatic carbocycles. The Labute approximate surface area is 129 Å². The molecule has 0 bridgehead atoms. The van der Waals surface area contributed by atoms with Gasteiger partial charge in [-0.1, -0.05) is 19.3 Å². The van der Waals surface area contributed by atoms with Gasteiger partial charge in [-0.3, -0.25) is 10.1 Å². The molecular formula is C17H31NO3. The molecular weight excluding hydrogens is 266 g/mol. The molecule has 2 rings (SSSR count). The first-order valence-corrected chi connectivity index (χ1v) is 8.66. The van der Waals surface area contributed by atoms with Gasteiger partial charge in [0.15, 0.2) is 0 Å². The topological polar surface area (TPSA) is 47.6 Å². The van der Waals surface area contributed by atoms with Gasteiger partial charge in [-0.05, 0) is 51.9 Å². The van der Waals surface area contributed by atoms with Crippen LogP contribution in [0.15, 0.2) is 0 Å². The van der Waals surface area contributed by atoms with Gasteiger partial charge >= 0.3 is 5.97 Å². The predicted octanol–water partition coefficient (Wildman–Crippen LogP) is 3.05. The van der Waals surface area contributed by atoms with Crippen LogP contribution in [0.2, 0.25) is 0 Å². The van der Waals surface area contributed by atoms with E-state index in [1.165, 1.54) is 32.1 Å². The number of hydrogen-bond donors (Lipinski definition) is 1. The number of rotatable bonds is 9. The molecule has 122 valence electrons. The summed E-state index contributed by atoms with van der Waals surface area (Å²) in [5.74, 6) is 0.585. The van der Waals surface area contributed by atoms with Crippen LogP contribution in [0, 0.1) is 5.92 Å². The third kappa shape index (κ3) is 5.59. The molecule has 1 unspecified atom stereocenters. The first kappa shape index (κ1) is 16.8. The second kappa shape index (κ2) is 8.14. The Morgan fingerprint density at radius 2 is 1.90 bits per heavy atom. The highest BCUT2D eigenvalue weighted by Crippen LogP contribution is 2.26. The lowest BCUT2D eigenvalue weighted by Crippen LogP contribution is -2.52. The van der Waals surface area contributed by atoms with Crippen LogP contribution in [0.3, 0.4) is 0 Å². The largest absolute Gasteiger partial charge is 0.465 e. The van der Waals surface area contributed by atoms with Gasteiger partial charge in [-0.15, -0.1) is 0 Å². The molecule has 2 aliphatic rings. The normalized spacial score (nSPS) is 22.8. The zero-order valence-corrected chi connectivity index (χ0v) is 13.7. The third-order valence-electron chi connectivity index (χ3n) is 4.65. The van der Waals surface area contributed by atoms with Gasteiger partial charge < -0.3 is 9.47 Å². The summed E-state index contributed by atoms with van der Waals surface area (Å²) in [7, 11) is 0. The summed E-state index contributed by atoms with van der Waals surface area (Å²) in [6.07, 6.45) is 9.69.